The van der Waals surface area contributed by atoms with E-state index in [4.69, 9.17) is 0 Å². The molecule has 1 aliphatic rings. The Kier molecular flexibility index (Phi) is 8.96. The van der Waals surface area contributed by atoms with Crippen molar-refractivity contribution >= 4 is 27.5 Å². The molecule has 0 aliphatic carbocycles. The number of sulfonamides is 1. The van der Waals surface area contributed by atoms with Crippen LogP contribution >= 0.6 is 0 Å². The summed E-state index contributed by atoms with van der Waals surface area (Å²) in [5, 5.41) is 5.38. The van der Waals surface area contributed by atoms with E-state index in [1.165, 1.54) is 24.3 Å². The number of hydrogen-bond donors (Lipinski definition) is 2. The lowest BCUT2D eigenvalue weighted by atomic mass is 10.1. The van der Waals surface area contributed by atoms with Crippen LogP contribution in [0.5, 0.6) is 0 Å². The normalized spacial score (nSPS) is 14.9. The van der Waals surface area contributed by atoms with Gasteiger partial charge >= 0.3 is 0 Å². The molecule has 178 valence electrons. The monoisotopic (exact) mass is 475 g/mol. The van der Waals surface area contributed by atoms with E-state index in [-0.39, 0.29) is 30.5 Å². The third-order valence-corrected chi connectivity index (χ3v) is 7.48. The van der Waals surface area contributed by atoms with E-state index in [0.717, 1.165) is 31.2 Å². The summed E-state index contributed by atoms with van der Waals surface area (Å²) in [7, 11) is -3.47. The molecule has 33 heavy (non-hydrogen) atoms. The molecule has 9 heteroatoms. The molecule has 3 rings (SSSR count). The van der Waals surface area contributed by atoms with Crippen molar-refractivity contribution < 1.29 is 22.4 Å². The summed E-state index contributed by atoms with van der Waals surface area (Å²) in [6.45, 7) is 1.52. The third kappa shape index (κ3) is 7.64. The van der Waals surface area contributed by atoms with Crippen molar-refractivity contribution in [2.24, 2.45) is 0 Å². The largest absolute Gasteiger partial charge is 0.356 e. The highest BCUT2D eigenvalue weighted by Gasteiger charge is 2.24. The average molecular weight is 476 g/mol. The molecule has 0 unspecified atom stereocenters. The van der Waals surface area contributed by atoms with Crippen molar-refractivity contribution in [3.05, 3.63) is 59.9 Å². The molecule has 2 amide bonds. The number of benzene rings is 2. The molecular weight excluding hydrogens is 445 g/mol. The lowest BCUT2D eigenvalue weighted by Crippen LogP contribution is -2.31. The van der Waals surface area contributed by atoms with Gasteiger partial charge in [-0.25, -0.2) is 12.8 Å². The summed E-state index contributed by atoms with van der Waals surface area (Å²) in [6, 6.07) is 12.2. The van der Waals surface area contributed by atoms with Gasteiger partial charge in [0.25, 0.3) is 0 Å². The Bertz CT molecular complexity index is 1030. The number of carbonyl (C=O) groups is 2. The van der Waals surface area contributed by atoms with Crippen molar-refractivity contribution in [2.75, 3.05) is 25.0 Å². The molecule has 0 saturated carbocycles. The van der Waals surface area contributed by atoms with Crippen LogP contribution in [-0.4, -0.2) is 44.2 Å². The first-order valence-corrected chi connectivity index (χ1v) is 12.7. The number of amides is 2. The van der Waals surface area contributed by atoms with Gasteiger partial charge in [-0.3, -0.25) is 9.59 Å². The number of nitrogens with one attached hydrogen (secondary N) is 2. The highest BCUT2D eigenvalue weighted by molar-refractivity contribution is 7.89. The van der Waals surface area contributed by atoms with Crippen molar-refractivity contribution in [1.29, 1.82) is 0 Å². The van der Waals surface area contributed by atoms with Gasteiger partial charge in [0.15, 0.2) is 0 Å². The average Bonchev–Trinajstić information content (AvgIpc) is 3.10. The topological polar surface area (TPSA) is 95.6 Å². The smallest absolute Gasteiger partial charge is 0.243 e. The molecule has 2 N–H and O–H groups in total. The minimum absolute atomic E-state index is 0.0201. The number of rotatable bonds is 9. The first-order chi connectivity index (χ1) is 15.8. The van der Waals surface area contributed by atoms with Gasteiger partial charge in [0.2, 0.25) is 21.8 Å². The van der Waals surface area contributed by atoms with Gasteiger partial charge in [0, 0.05) is 38.2 Å². The zero-order valence-electron chi connectivity index (χ0n) is 18.6. The Labute approximate surface area is 194 Å². The second-order valence-corrected chi connectivity index (χ2v) is 10.1. The van der Waals surface area contributed by atoms with Gasteiger partial charge in [-0.2, -0.15) is 4.31 Å². The zero-order valence-corrected chi connectivity index (χ0v) is 19.4. The van der Waals surface area contributed by atoms with E-state index in [1.54, 1.807) is 28.6 Å². The van der Waals surface area contributed by atoms with Crippen molar-refractivity contribution in [3.63, 3.8) is 0 Å². The van der Waals surface area contributed by atoms with Crippen LogP contribution in [0.15, 0.2) is 53.4 Å². The van der Waals surface area contributed by atoms with Crippen LogP contribution < -0.4 is 10.6 Å². The fourth-order valence-corrected chi connectivity index (χ4v) is 5.19. The fourth-order valence-electron chi connectivity index (χ4n) is 3.68. The van der Waals surface area contributed by atoms with Gasteiger partial charge in [0.05, 0.1) is 4.90 Å². The van der Waals surface area contributed by atoms with Gasteiger partial charge in [-0.15, -0.1) is 0 Å². The molecule has 0 spiro atoms. The molecule has 0 atom stereocenters. The van der Waals surface area contributed by atoms with E-state index in [1.807, 2.05) is 0 Å². The van der Waals surface area contributed by atoms with E-state index in [2.05, 4.69) is 10.6 Å². The molecule has 1 saturated heterocycles. The van der Waals surface area contributed by atoms with Crippen LogP contribution in [0, 0.1) is 5.82 Å². The SMILES string of the molecule is O=C(CCC(=O)Nc1ccc(F)cc1)NCCc1ccc(S(=O)(=O)N2CCCCCC2)cc1. The molecule has 2 aromatic carbocycles. The summed E-state index contributed by atoms with van der Waals surface area (Å²) >= 11 is 0. The molecule has 0 radical (unpaired) electrons. The Morgan fingerprint density at radius 1 is 0.848 bits per heavy atom. The van der Waals surface area contributed by atoms with Gasteiger partial charge < -0.3 is 10.6 Å². The maximum absolute atomic E-state index is 12.9. The summed E-state index contributed by atoms with van der Waals surface area (Å²) in [5.74, 6) is -0.955. The van der Waals surface area contributed by atoms with E-state index < -0.39 is 10.0 Å². The minimum Gasteiger partial charge on any atom is -0.356 e. The Morgan fingerprint density at radius 3 is 2.09 bits per heavy atom. The second kappa shape index (κ2) is 11.9. The molecule has 1 aliphatic heterocycles. The van der Waals surface area contributed by atoms with Crippen molar-refractivity contribution in [2.45, 2.75) is 49.8 Å². The Balaban J connectivity index is 1.39. The standard InChI is InChI=1S/C24H30FN3O4S/c25-20-7-9-21(10-8-20)27-24(30)14-13-23(29)26-16-15-19-5-11-22(12-6-19)33(31,32)28-17-3-1-2-4-18-28/h5-12H,1-4,13-18H2,(H,26,29)(H,27,30). The molecule has 0 aromatic heterocycles. The highest BCUT2D eigenvalue weighted by atomic mass is 32.2. The van der Waals surface area contributed by atoms with Crippen LogP contribution in [0.2, 0.25) is 0 Å². The summed E-state index contributed by atoms with van der Waals surface area (Å²) in [5.41, 5.74) is 1.39. The van der Waals surface area contributed by atoms with Crippen LogP contribution in [0.3, 0.4) is 0 Å². The number of halogens is 1. The number of nitrogens with zero attached hydrogens (tertiary/aromatic N) is 1. The Hall–Kier alpha value is -2.78. The Morgan fingerprint density at radius 2 is 1.45 bits per heavy atom. The van der Waals surface area contributed by atoms with Crippen molar-refractivity contribution in [1.82, 2.24) is 9.62 Å². The second-order valence-electron chi connectivity index (χ2n) is 8.12. The first kappa shape index (κ1) is 24.9. The first-order valence-electron chi connectivity index (χ1n) is 11.3. The lowest BCUT2D eigenvalue weighted by Gasteiger charge is -2.20. The predicted molar refractivity (Wildman–Crippen MR) is 125 cm³/mol. The number of carbonyl (C=O) groups excluding carboxylic acids is 2. The zero-order chi connectivity index (χ0) is 23.7. The van der Waals surface area contributed by atoms with E-state index >= 15 is 0 Å². The van der Waals surface area contributed by atoms with Crippen molar-refractivity contribution in [3.8, 4) is 0 Å². The molecule has 0 bridgehead atoms. The van der Waals surface area contributed by atoms with Crippen LogP contribution in [0.25, 0.3) is 0 Å². The van der Waals surface area contributed by atoms with Crippen LogP contribution in [0.1, 0.15) is 44.1 Å². The minimum atomic E-state index is -3.47. The molecular formula is C24H30FN3O4S. The van der Waals surface area contributed by atoms with Crippen LogP contribution in [0.4, 0.5) is 10.1 Å². The molecule has 2 aromatic rings. The maximum Gasteiger partial charge on any atom is 0.243 e. The van der Waals surface area contributed by atoms with Gasteiger partial charge in [0.1, 0.15) is 5.82 Å². The maximum atomic E-state index is 12.9. The molecule has 1 fully saturated rings. The number of hydrogen-bond acceptors (Lipinski definition) is 4. The van der Waals surface area contributed by atoms with E-state index in [9.17, 15) is 22.4 Å². The lowest BCUT2D eigenvalue weighted by molar-refractivity contribution is -0.124. The van der Waals surface area contributed by atoms with E-state index in [0.29, 0.717) is 36.6 Å². The molecule has 1 heterocycles. The summed E-state index contributed by atoms with van der Waals surface area (Å²) in [4.78, 5) is 24.2. The number of anilines is 1. The quantitative estimate of drug-likeness (QED) is 0.581. The predicted octanol–water partition coefficient (Wildman–Crippen LogP) is 3.47. The summed E-state index contributed by atoms with van der Waals surface area (Å²) < 4.78 is 40.1. The molecule has 7 nitrogen and oxygen atoms in total. The van der Waals surface area contributed by atoms with Crippen LogP contribution in [-0.2, 0) is 26.0 Å². The third-order valence-electron chi connectivity index (χ3n) is 5.57. The fraction of sp³-hybridized carbons (Fsp3) is 0.417. The van der Waals surface area contributed by atoms with Gasteiger partial charge in [-0.1, -0.05) is 25.0 Å². The van der Waals surface area contributed by atoms with Gasteiger partial charge in [-0.05, 0) is 61.2 Å². The highest BCUT2D eigenvalue weighted by Crippen LogP contribution is 2.20. The summed E-state index contributed by atoms with van der Waals surface area (Å²) in [6.07, 6.45) is 4.53.